The van der Waals surface area contributed by atoms with Crippen molar-refractivity contribution in [1.29, 1.82) is 0 Å². The number of nitrogens with two attached hydrogens (primary N) is 1. The van der Waals surface area contributed by atoms with Crippen LogP contribution in [0.4, 0.5) is 62.9 Å². The second-order valence-corrected chi connectivity index (χ2v) is 18.3. The molecular formula is C55H66N12O18. The van der Waals surface area contributed by atoms with Gasteiger partial charge in [0.2, 0.25) is 0 Å². The number of carbonyl (C=O) groups excluding carboxylic acids is 8. The van der Waals surface area contributed by atoms with Crippen molar-refractivity contribution in [3.8, 4) is 0 Å². The maximum absolute atomic E-state index is 14.6. The van der Waals surface area contributed by atoms with Crippen molar-refractivity contribution in [1.82, 2.24) is 26.6 Å². The molecule has 0 unspecified atom stereocenters. The molecule has 454 valence electrons. The van der Waals surface area contributed by atoms with Crippen LogP contribution in [0.1, 0.15) is 144 Å². The van der Waals surface area contributed by atoms with Gasteiger partial charge in [-0.2, -0.15) is 0 Å². The molecule has 0 aromatic heterocycles. The van der Waals surface area contributed by atoms with Gasteiger partial charge in [0, 0.05) is 25.8 Å². The lowest BCUT2D eigenvalue weighted by molar-refractivity contribution is 0.0468. The first-order chi connectivity index (χ1) is 40.2. The number of anilines is 6. The van der Waals surface area contributed by atoms with E-state index in [4.69, 9.17) is 15.3 Å². The Kier molecular flexibility index (Phi) is 23.7. The second kappa shape index (κ2) is 30.2. The first kappa shape index (κ1) is 66.6. The van der Waals surface area contributed by atoms with E-state index in [0.29, 0.717) is 24.5 Å². The highest BCUT2D eigenvalue weighted by molar-refractivity contribution is 6.12. The van der Waals surface area contributed by atoms with Crippen LogP contribution in [-0.2, 0) is 35.4 Å². The molecule has 30 nitrogen and oxygen atoms in total. The van der Waals surface area contributed by atoms with Gasteiger partial charge in [0.15, 0.2) is 0 Å². The van der Waals surface area contributed by atoms with E-state index in [-0.39, 0.29) is 48.1 Å². The van der Waals surface area contributed by atoms with Crippen LogP contribution in [0.5, 0.6) is 0 Å². The average Bonchev–Trinajstić information content (AvgIpc) is 3.51. The molecular weight excluding hydrogens is 1120 g/mol. The summed E-state index contributed by atoms with van der Waals surface area (Å²) in [4.78, 5) is 163. The molecule has 16 N–H and O–H groups in total. The maximum Gasteiger partial charge on any atom is 0.364 e. The fourth-order valence-corrected chi connectivity index (χ4v) is 8.46. The van der Waals surface area contributed by atoms with Gasteiger partial charge in [-0.3, -0.25) is 0 Å². The number of nitrogens with zero attached hydrogens (tertiary/aromatic N) is 1. The molecule has 0 spiro atoms. The molecule has 0 heterocycles. The normalized spacial score (nSPS) is 10.8. The van der Waals surface area contributed by atoms with Crippen molar-refractivity contribution < 1.29 is 87.5 Å². The lowest BCUT2D eigenvalue weighted by atomic mass is 9.89. The molecule has 4 aromatic carbocycles. The largest absolute Gasteiger partial charge is 0.478 e. The number of ether oxygens (including phenoxy) is 1. The number of rotatable bonds is 23. The Morgan fingerprint density at radius 1 is 0.541 bits per heavy atom. The summed E-state index contributed by atoms with van der Waals surface area (Å²) < 4.78 is 4.90. The van der Waals surface area contributed by atoms with Gasteiger partial charge in [0.05, 0.1) is 75.5 Å². The first-order valence-corrected chi connectivity index (χ1v) is 26.1. The number of amides is 12. The summed E-state index contributed by atoms with van der Waals surface area (Å²) in [5.74, 6) is -9.82. The predicted molar refractivity (Wildman–Crippen MR) is 309 cm³/mol. The van der Waals surface area contributed by atoms with E-state index in [1.54, 1.807) is 20.8 Å². The molecule has 0 saturated carbocycles. The molecule has 12 amide bonds. The van der Waals surface area contributed by atoms with Crippen LogP contribution < -0.4 is 64.0 Å². The van der Waals surface area contributed by atoms with Gasteiger partial charge in [-0.05, 0) is 110 Å². The number of hydroxylamine groups is 1. The van der Waals surface area contributed by atoms with Gasteiger partial charge >= 0.3 is 72.0 Å². The van der Waals surface area contributed by atoms with Crippen molar-refractivity contribution >= 4 is 106 Å². The van der Waals surface area contributed by atoms with Crippen LogP contribution in [-0.4, -0.2) is 120 Å². The highest BCUT2D eigenvalue weighted by atomic mass is 16.7. The van der Waals surface area contributed by atoms with E-state index < -0.39 is 135 Å². The number of aromatic carboxylic acids is 4. The summed E-state index contributed by atoms with van der Waals surface area (Å²) >= 11 is 0. The topological polar surface area (TPSA) is 454 Å². The van der Waals surface area contributed by atoms with Gasteiger partial charge in [-0.25, -0.2) is 57.5 Å². The molecule has 0 fully saturated rings. The second-order valence-electron chi connectivity index (χ2n) is 18.3. The number of hydrogen-bond acceptors (Lipinski definition) is 14. The minimum Gasteiger partial charge on any atom is -0.478 e. The number of aryl methyl sites for hydroxylation is 2. The number of carbonyl (C=O) groups is 12. The fraction of sp³-hybridized carbons (Fsp3) is 0.309. The molecule has 0 aliphatic rings. The Hall–Kier alpha value is -10.9. The Bertz CT molecular complexity index is 3400. The Labute approximate surface area is 485 Å². The zero-order valence-electron chi connectivity index (χ0n) is 47.7. The standard InChI is InChI=1S/C55H66N12O18/c1-10-15-58-55(83)67(43-22-33(47(74)75)32(46(72)73)19-41(43)65-52(80)59-23-36-28(13-4)16-27(12-3)26(7)29(36)14-5)85-49(77)35-21-40(37(61-50(56)78)20-34(35)48(76)84-9)64-54(82)66-42(25(6)11-2)24-60-53(81)63-39-18-31(45(70)71)30(44(68)69)17-38(39)62-51(79)57-8/h16-22H,10-15,23-24H2,1-9H3,(H,58,83)(H,68,69)(H,70,71)(H,72,73)(H,74,75)(H3,56,61,78)(H2,57,62,79)(H2,59,65,80)(H2,60,63,81)(H2,64,66,82)/b42-25+. The third-order valence-corrected chi connectivity index (χ3v) is 12.9. The Morgan fingerprint density at radius 2 is 1.01 bits per heavy atom. The quantitative estimate of drug-likeness (QED) is 0.0259. The minimum absolute atomic E-state index is 0.0140. The highest BCUT2D eigenvalue weighted by Crippen LogP contribution is 2.34. The monoisotopic (exact) mass is 1180 g/mol. The maximum atomic E-state index is 14.6. The minimum atomic E-state index is -1.82. The number of carboxylic acids is 4. The summed E-state index contributed by atoms with van der Waals surface area (Å²) in [7, 11) is 2.15. The van der Waals surface area contributed by atoms with Crippen LogP contribution in [0.3, 0.4) is 0 Å². The van der Waals surface area contributed by atoms with Crippen molar-refractivity contribution in [2.75, 3.05) is 58.9 Å². The number of primary amides is 1. The van der Waals surface area contributed by atoms with Gasteiger partial charge < -0.3 is 88.9 Å². The number of methoxy groups -OCH3 is 1. The number of esters is 1. The van der Waals surface area contributed by atoms with Crippen molar-refractivity contribution in [2.45, 2.75) is 87.1 Å². The van der Waals surface area contributed by atoms with Crippen LogP contribution in [0.2, 0.25) is 0 Å². The van der Waals surface area contributed by atoms with Gasteiger partial charge in [-0.15, -0.1) is 5.06 Å². The van der Waals surface area contributed by atoms with E-state index >= 15 is 0 Å². The van der Waals surface area contributed by atoms with Gasteiger partial charge in [0.1, 0.15) is 5.69 Å². The zero-order chi connectivity index (χ0) is 63.6. The third kappa shape index (κ3) is 17.1. The van der Waals surface area contributed by atoms with E-state index in [1.807, 2.05) is 33.8 Å². The number of urea groups is 6. The SMILES string of the molecule is CCCNC(=O)N(OC(=O)c1cc(NC(=O)N/C(CNC(=O)Nc2cc(C(=O)O)c(C(=O)O)cc2NC(=O)NC)=C(\C)CC)c(NC(N)=O)cc1C(=O)OC)c1cc(C(=O)O)c(C(=O)O)cc1NC(=O)NCc1c(CC)cc(CC)c(C)c1CC. The van der Waals surface area contributed by atoms with Crippen LogP contribution in [0.15, 0.2) is 53.7 Å². The Morgan fingerprint density at radius 3 is 1.49 bits per heavy atom. The highest BCUT2D eigenvalue weighted by Gasteiger charge is 2.33. The number of nitrogens with one attached hydrogen (secondary N) is 10. The van der Waals surface area contributed by atoms with E-state index in [9.17, 15) is 78.0 Å². The molecule has 0 saturated heterocycles. The zero-order valence-corrected chi connectivity index (χ0v) is 47.7. The lowest BCUT2D eigenvalue weighted by Gasteiger charge is -2.25. The summed E-state index contributed by atoms with van der Waals surface area (Å²) in [6.45, 7) is 12.2. The molecule has 85 heavy (non-hydrogen) atoms. The molecule has 0 aliphatic heterocycles. The van der Waals surface area contributed by atoms with Crippen LogP contribution >= 0.6 is 0 Å². The molecule has 0 bridgehead atoms. The molecule has 0 radical (unpaired) electrons. The summed E-state index contributed by atoms with van der Waals surface area (Å²) in [6, 6.07) is 0.0757. The fourth-order valence-electron chi connectivity index (χ4n) is 8.46. The summed E-state index contributed by atoms with van der Waals surface area (Å²) in [6.07, 6.45) is 2.53. The van der Waals surface area contributed by atoms with Crippen LogP contribution in [0, 0.1) is 6.92 Å². The van der Waals surface area contributed by atoms with Crippen LogP contribution in [0.25, 0.3) is 0 Å². The molecule has 0 atom stereocenters. The Balaban J connectivity index is 1.79. The van der Waals surface area contributed by atoms with Gasteiger partial charge in [-0.1, -0.05) is 46.3 Å². The number of carboxylic acid groups (broad SMARTS) is 4. The van der Waals surface area contributed by atoms with Crippen molar-refractivity contribution in [3.05, 3.63) is 115 Å². The van der Waals surface area contributed by atoms with Crippen molar-refractivity contribution in [3.63, 3.8) is 0 Å². The molecule has 30 heteroatoms. The summed E-state index contributed by atoms with van der Waals surface area (Å²) in [5.41, 5.74) is 3.17. The smallest absolute Gasteiger partial charge is 0.364 e. The third-order valence-electron chi connectivity index (χ3n) is 12.9. The first-order valence-electron chi connectivity index (χ1n) is 26.1. The number of hydrogen-bond donors (Lipinski definition) is 15. The average molecular weight is 1180 g/mol. The van der Waals surface area contributed by atoms with E-state index in [1.165, 1.54) is 7.05 Å². The predicted octanol–water partition coefficient (Wildman–Crippen LogP) is 7.15. The number of allylic oxidation sites excluding steroid dienone is 1. The van der Waals surface area contributed by atoms with Crippen molar-refractivity contribution in [2.24, 2.45) is 5.73 Å². The van der Waals surface area contributed by atoms with Gasteiger partial charge in [0.25, 0.3) is 0 Å². The number of benzene rings is 4. The molecule has 4 rings (SSSR count). The van der Waals surface area contributed by atoms with E-state index in [2.05, 4.69) is 53.2 Å². The van der Waals surface area contributed by atoms with E-state index in [0.717, 1.165) is 71.7 Å². The molecule has 4 aromatic rings. The lowest BCUT2D eigenvalue weighted by Crippen LogP contribution is -2.43. The summed E-state index contributed by atoms with van der Waals surface area (Å²) in [5, 5.41) is 63.9. The molecule has 0 aliphatic carbocycles.